The van der Waals surface area contributed by atoms with Crippen LogP contribution in [0, 0.1) is 5.82 Å². The molecule has 1 aliphatic rings. The summed E-state index contributed by atoms with van der Waals surface area (Å²) < 4.78 is 20.0. The van der Waals surface area contributed by atoms with Gasteiger partial charge in [0, 0.05) is 12.2 Å². The van der Waals surface area contributed by atoms with Crippen LogP contribution in [0.4, 0.5) is 4.39 Å². The average Bonchev–Trinajstić information content (AvgIpc) is 3.20. The number of hydrogen-bond acceptors (Lipinski definition) is 5. The summed E-state index contributed by atoms with van der Waals surface area (Å²) in [4.78, 5) is 24.4. The molecule has 128 valence electrons. The van der Waals surface area contributed by atoms with E-state index in [1.807, 2.05) is 0 Å². The van der Waals surface area contributed by atoms with Crippen molar-refractivity contribution >= 4 is 17.5 Å². The first kappa shape index (κ1) is 16.9. The van der Waals surface area contributed by atoms with Crippen molar-refractivity contribution in [3.8, 4) is 0 Å². The molecule has 1 aromatic carbocycles. The Kier molecular flexibility index (Phi) is 5.15. The molecule has 0 amide bonds. The van der Waals surface area contributed by atoms with Gasteiger partial charge in [-0.1, -0.05) is 11.8 Å². The molecular formula is C16H18FN3O3S. The zero-order valence-corrected chi connectivity index (χ0v) is 14.0. The lowest BCUT2D eigenvalue weighted by Crippen LogP contribution is -2.25. The zero-order chi connectivity index (χ0) is 17.1. The number of carbonyl (C=O) groups is 1. The number of carbonyl (C=O) groups excluding carboxylic acids is 1. The van der Waals surface area contributed by atoms with Crippen molar-refractivity contribution in [2.24, 2.45) is 0 Å². The molecule has 2 unspecified atom stereocenters. The van der Waals surface area contributed by atoms with E-state index in [1.165, 1.54) is 40.6 Å². The number of ether oxygens (including phenoxy) is 1. The van der Waals surface area contributed by atoms with Crippen LogP contribution in [-0.2, 0) is 11.3 Å². The van der Waals surface area contributed by atoms with E-state index in [1.54, 1.807) is 6.92 Å². The second kappa shape index (κ2) is 7.31. The van der Waals surface area contributed by atoms with Crippen molar-refractivity contribution in [2.45, 2.75) is 42.8 Å². The second-order valence-corrected chi connectivity index (χ2v) is 7.00. The minimum absolute atomic E-state index is 0.00255. The van der Waals surface area contributed by atoms with Gasteiger partial charge >= 0.3 is 5.69 Å². The van der Waals surface area contributed by atoms with Crippen LogP contribution < -0.4 is 5.69 Å². The fraction of sp³-hybridized carbons (Fsp3) is 0.438. The fourth-order valence-electron chi connectivity index (χ4n) is 2.61. The minimum Gasteiger partial charge on any atom is -0.376 e. The lowest BCUT2D eigenvalue weighted by molar-refractivity contribution is 0.0941. The predicted molar refractivity (Wildman–Crippen MR) is 87.9 cm³/mol. The third kappa shape index (κ3) is 3.76. The highest BCUT2D eigenvalue weighted by Gasteiger charge is 2.23. The maximum absolute atomic E-state index is 13.0. The van der Waals surface area contributed by atoms with Crippen molar-refractivity contribution in [3.63, 3.8) is 0 Å². The number of benzene rings is 1. The molecule has 2 heterocycles. The van der Waals surface area contributed by atoms with E-state index >= 15 is 0 Å². The van der Waals surface area contributed by atoms with Crippen molar-refractivity contribution < 1.29 is 13.9 Å². The monoisotopic (exact) mass is 351 g/mol. The quantitative estimate of drug-likeness (QED) is 0.638. The molecule has 0 bridgehead atoms. The Morgan fingerprint density at radius 3 is 2.92 bits per heavy atom. The molecule has 1 saturated heterocycles. The highest BCUT2D eigenvalue weighted by Crippen LogP contribution is 2.24. The number of H-pyrrole nitrogens is 1. The maximum atomic E-state index is 13.0. The first-order chi connectivity index (χ1) is 11.5. The summed E-state index contributed by atoms with van der Waals surface area (Å²) >= 11 is 1.20. The van der Waals surface area contributed by atoms with Crippen LogP contribution in [-0.4, -0.2) is 38.5 Å². The number of thioether (sulfide) groups is 1. The highest BCUT2D eigenvalue weighted by molar-refractivity contribution is 8.00. The molecule has 8 heteroatoms. The number of ketones is 1. The number of nitrogens with one attached hydrogen (secondary N) is 1. The van der Waals surface area contributed by atoms with Gasteiger partial charge in [-0.2, -0.15) is 0 Å². The number of hydrogen-bond donors (Lipinski definition) is 1. The Hall–Kier alpha value is -1.93. The average molecular weight is 351 g/mol. The predicted octanol–water partition coefficient (Wildman–Crippen LogP) is 2.25. The van der Waals surface area contributed by atoms with Gasteiger partial charge in [0.05, 0.1) is 17.9 Å². The van der Waals surface area contributed by atoms with E-state index in [9.17, 15) is 14.0 Å². The largest absolute Gasteiger partial charge is 0.376 e. The summed E-state index contributed by atoms with van der Waals surface area (Å²) in [5.41, 5.74) is 0.120. The molecule has 0 spiro atoms. The van der Waals surface area contributed by atoms with Gasteiger partial charge in [0.1, 0.15) is 5.82 Å². The first-order valence-corrected chi connectivity index (χ1v) is 8.66. The van der Waals surface area contributed by atoms with E-state index in [0.29, 0.717) is 23.9 Å². The van der Waals surface area contributed by atoms with Gasteiger partial charge in [-0.05, 0) is 44.0 Å². The molecule has 2 aromatic rings. The molecule has 0 aliphatic carbocycles. The Morgan fingerprint density at radius 1 is 1.50 bits per heavy atom. The standard InChI is InChI=1S/C16H18FN3O3S/c1-10(14(21)11-4-6-12(17)7-5-11)24-16-19-18-15(22)20(16)9-13-3-2-8-23-13/h4-7,10,13H,2-3,8-9H2,1H3,(H,18,22). The molecule has 0 saturated carbocycles. The summed E-state index contributed by atoms with van der Waals surface area (Å²) in [6, 6.07) is 5.43. The Bertz CT molecular complexity index is 766. The summed E-state index contributed by atoms with van der Waals surface area (Å²) in [5.74, 6) is -0.524. The SMILES string of the molecule is CC(Sc1n[nH]c(=O)n1CC1CCCO1)C(=O)c1ccc(F)cc1. The van der Waals surface area contributed by atoms with E-state index in [4.69, 9.17) is 4.74 Å². The third-order valence-electron chi connectivity index (χ3n) is 3.91. The van der Waals surface area contributed by atoms with Crippen LogP contribution in [0.2, 0.25) is 0 Å². The Labute approximate surface area is 142 Å². The van der Waals surface area contributed by atoms with E-state index in [2.05, 4.69) is 10.2 Å². The molecule has 6 nitrogen and oxygen atoms in total. The van der Waals surface area contributed by atoms with Crippen molar-refractivity contribution in [1.29, 1.82) is 0 Å². The Balaban J connectivity index is 1.72. The summed E-state index contributed by atoms with van der Waals surface area (Å²) in [6.45, 7) is 2.88. The first-order valence-electron chi connectivity index (χ1n) is 7.78. The fourth-order valence-corrected chi connectivity index (χ4v) is 3.55. The molecule has 1 N–H and O–H groups in total. The lowest BCUT2D eigenvalue weighted by Gasteiger charge is -2.13. The topological polar surface area (TPSA) is 77.0 Å². The summed E-state index contributed by atoms with van der Waals surface area (Å²) in [5, 5.41) is 6.44. The van der Waals surface area contributed by atoms with Crippen LogP contribution >= 0.6 is 11.8 Å². The molecule has 1 aromatic heterocycles. The highest BCUT2D eigenvalue weighted by atomic mass is 32.2. The van der Waals surface area contributed by atoms with Crippen molar-refractivity contribution in [3.05, 3.63) is 46.1 Å². The van der Waals surface area contributed by atoms with E-state index in [0.717, 1.165) is 12.8 Å². The molecule has 3 rings (SSSR count). The maximum Gasteiger partial charge on any atom is 0.344 e. The van der Waals surface area contributed by atoms with Crippen LogP contribution in [0.1, 0.15) is 30.1 Å². The van der Waals surface area contributed by atoms with Gasteiger partial charge in [-0.3, -0.25) is 9.36 Å². The van der Waals surface area contributed by atoms with E-state index < -0.39 is 5.25 Å². The van der Waals surface area contributed by atoms with Gasteiger partial charge in [0.15, 0.2) is 10.9 Å². The molecule has 0 radical (unpaired) electrons. The van der Waals surface area contributed by atoms with Crippen molar-refractivity contribution in [1.82, 2.24) is 14.8 Å². The number of aromatic amines is 1. The smallest absolute Gasteiger partial charge is 0.344 e. The van der Waals surface area contributed by atoms with Gasteiger partial charge < -0.3 is 4.74 Å². The summed E-state index contributed by atoms with van der Waals surface area (Å²) in [7, 11) is 0. The van der Waals surface area contributed by atoms with Gasteiger partial charge in [0.25, 0.3) is 0 Å². The molecule has 1 aliphatic heterocycles. The molecule has 2 atom stereocenters. The number of Topliss-reactive ketones (excluding diaryl/α,β-unsaturated/α-hetero) is 1. The number of aromatic nitrogens is 3. The van der Waals surface area contributed by atoms with Crippen LogP contribution in [0.15, 0.2) is 34.2 Å². The van der Waals surface area contributed by atoms with E-state index in [-0.39, 0.29) is 23.4 Å². The lowest BCUT2D eigenvalue weighted by atomic mass is 10.1. The van der Waals surface area contributed by atoms with Crippen LogP contribution in [0.5, 0.6) is 0 Å². The second-order valence-electron chi connectivity index (χ2n) is 5.69. The number of nitrogens with zero attached hydrogens (tertiary/aromatic N) is 2. The van der Waals surface area contributed by atoms with Crippen LogP contribution in [0.3, 0.4) is 0 Å². The summed E-state index contributed by atoms with van der Waals surface area (Å²) in [6.07, 6.45) is 1.90. The van der Waals surface area contributed by atoms with Crippen LogP contribution in [0.25, 0.3) is 0 Å². The number of rotatable bonds is 6. The molecule has 24 heavy (non-hydrogen) atoms. The van der Waals surface area contributed by atoms with Gasteiger partial charge in [0.2, 0.25) is 0 Å². The van der Waals surface area contributed by atoms with Gasteiger partial charge in [-0.15, -0.1) is 5.10 Å². The van der Waals surface area contributed by atoms with Crippen molar-refractivity contribution in [2.75, 3.05) is 6.61 Å². The Morgan fingerprint density at radius 2 is 2.25 bits per heavy atom. The third-order valence-corrected chi connectivity index (χ3v) is 5.00. The minimum atomic E-state index is -0.450. The number of halogens is 1. The normalized spacial score (nSPS) is 18.7. The zero-order valence-electron chi connectivity index (χ0n) is 13.2. The molecular weight excluding hydrogens is 333 g/mol. The molecule has 1 fully saturated rings. The van der Waals surface area contributed by atoms with Gasteiger partial charge in [-0.25, -0.2) is 14.3 Å².